The van der Waals surface area contributed by atoms with Gasteiger partial charge in [0.1, 0.15) is 12.3 Å². The summed E-state index contributed by atoms with van der Waals surface area (Å²) in [4.78, 5) is 25.9. The average Bonchev–Trinajstić information content (AvgIpc) is 2.73. The first kappa shape index (κ1) is 14.5. The molecule has 2 amide bonds. The number of amides is 2. The molecular formula is C9H11F2N3O3S. The lowest BCUT2D eigenvalue weighted by Gasteiger charge is -2.12. The second-order valence-corrected chi connectivity index (χ2v) is 4.27. The second-order valence-electron chi connectivity index (χ2n) is 3.42. The van der Waals surface area contributed by atoms with E-state index in [1.807, 2.05) is 5.32 Å². The van der Waals surface area contributed by atoms with Crippen molar-refractivity contribution < 1.29 is 23.5 Å². The Morgan fingerprint density at radius 3 is 2.78 bits per heavy atom. The standard InChI is InChI=1S/C9H11F2N3O3S/c1-5(16)13-8-14-6(2-18-8)7(17)12-3-9(10,11)4-15/h2,15H,3-4H2,1H3,(H,12,17)(H,13,14,16). The Balaban J connectivity index is 2.57. The lowest BCUT2D eigenvalue weighted by atomic mass is 10.3. The zero-order valence-electron chi connectivity index (χ0n) is 9.37. The summed E-state index contributed by atoms with van der Waals surface area (Å²) < 4.78 is 25.3. The van der Waals surface area contributed by atoms with Crippen molar-refractivity contribution in [1.29, 1.82) is 0 Å². The fourth-order valence-electron chi connectivity index (χ4n) is 0.942. The summed E-state index contributed by atoms with van der Waals surface area (Å²) in [5.41, 5.74) is -0.0718. The number of nitrogens with one attached hydrogen (secondary N) is 2. The SMILES string of the molecule is CC(=O)Nc1nc(C(=O)NCC(F)(F)CO)cs1. The lowest BCUT2D eigenvalue weighted by Crippen LogP contribution is -2.39. The Labute approximate surface area is 105 Å². The number of halogens is 2. The van der Waals surface area contributed by atoms with Crippen LogP contribution in [0.5, 0.6) is 0 Å². The molecule has 0 fully saturated rings. The van der Waals surface area contributed by atoms with E-state index in [-0.39, 0.29) is 16.7 Å². The third-order valence-corrected chi connectivity index (χ3v) is 2.52. The summed E-state index contributed by atoms with van der Waals surface area (Å²) in [6.45, 7) is -1.04. The number of carbonyl (C=O) groups is 2. The Kier molecular flexibility index (Phi) is 4.68. The van der Waals surface area contributed by atoms with Gasteiger partial charge in [-0.05, 0) is 0 Å². The monoisotopic (exact) mass is 279 g/mol. The number of hydrogen-bond donors (Lipinski definition) is 3. The lowest BCUT2D eigenvalue weighted by molar-refractivity contribution is -0.114. The molecule has 9 heteroatoms. The number of aliphatic hydroxyl groups excluding tert-OH is 1. The third kappa shape index (κ3) is 4.34. The fraction of sp³-hybridized carbons (Fsp3) is 0.444. The summed E-state index contributed by atoms with van der Waals surface area (Å²) in [6.07, 6.45) is 0. The molecule has 0 spiro atoms. The fourth-order valence-corrected chi connectivity index (χ4v) is 1.68. The van der Waals surface area contributed by atoms with Gasteiger partial charge in [-0.25, -0.2) is 13.8 Å². The van der Waals surface area contributed by atoms with Gasteiger partial charge in [-0.1, -0.05) is 0 Å². The molecule has 1 aromatic heterocycles. The van der Waals surface area contributed by atoms with Crippen molar-refractivity contribution in [3.63, 3.8) is 0 Å². The van der Waals surface area contributed by atoms with Gasteiger partial charge in [-0.15, -0.1) is 11.3 Å². The van der Waals surface area contributed by atoms with Gasteiger partial charge in [0.2, 0.25) is 5.91 Å². The van der Waals surface area contributed by atoms with Crippen LogP contribution in [0.3, 0.4) is 0 Å². The largest absolute Gasteiger partial charge is 0.390 e. The van der Waals surface area contributed by atoms with Gasteiger partial charge in [-0.3, -0.25) is 9.59 Å². The molecule has 3 N–H and O–H groups in total. The van der Waals surface area contributed by atoms with Crippen molar-refractivity contribution >= 4 is 28.3 Å². The molecule has 6 nitrogen and oxygen atoms in total. The van der Waals surface area contributed by atoms with Crippen LogP contribution in [0, 0.1) is 0 Å². The van der Waals surface area contributed by atoms with Crippen LogP contribution in [-0.2, 0) is 4.79 Å². The van der Waals surface area contributed by atoms with E-state index in [1.165, 1.54) is 12.3 Å². The average molecular weight is 279 g/mol. The highest BCUT2D eigenvalue weighted by atomic mass is 32.1. The van der Waals surface area contributed by atoms with E-state index >= 15 is 0 Å². The van der Waals surface area contributed by atoms with E-state index in [9.17, 15) is 18.4 Å². The normalized spacial score (nSPS) is 11.1. The molecule has 0 radical (unpaired) electrons. The Bertz CT molecular complexity index is 450. The Morgan fingerprint density at radius 2 is 2.22 bits per heavy atom. The van der Waals surface area contributed by atoms with Gasteiger partial charge >= 0.3 is 0 Å². The number of rotatable bonds is 5. The van der Waals surface area contributed by atoms with Crippen molar-refractivity contribution in [3.05, 3.63) is 11.1 Å². The molecule has 0 bridgehead atoms. The number of alkyl halides is 2. The van der Waals surface area contributed by atoms with Gasteiger partial charge in [0.15, 0.2) is 5.13 Å². The maximum atomic E-state index is 12.7. The summed E-state index contributed by atoms with van der Waals surface area (Å²) >= 11 is 1.00. The first-order valence-corrected chi connectivity index (χ1v) is 5.72. The van der Waals surface area contributed by atoms with Gasteiger partial charge in [-0.2, -0.15) is 0 Å². The van der Waals surface area contributed by atoms with Crippen molar-refractivity contribution in [2.45, 2.75) is 12.8 Å². The van der Waals surface area contributed by atoms with Crippen LogP contribution in [0.1, 0.15) is 17.4 Å². The summed E-state index contributed by atoms with van der Waals surface area (Å²) in [5.74, 6) is -4.51. The highest BCUT2D eigenvalue weighted by molar-refractivity contribution is 7.14. The second kappa shape index (κ2) is 5.83. The molecule has 0 aromatic carbocycles. The van der Waals surface area contributed by atoms with Crippen LogP contribution in [0.15, 0.2) is 5.38 Å². The minimum absolute atomic E-state index is 0.0718. The van der Waals surface area contributed by atoms with Crippen LogP contribution in [0.25, 0.3) is 0 Å². The predicted molar refractivity (Wildman–Crippen MR) is 60.8 cm³/mol. The topological polar surface area (TPSA) is 91.3 Å². The Hall–Kier alpha value is -1.61. The molecule has 0 saturated carbocycles. The summed E-state index contributed by atoms with van der Waals surface area (Å²) in [5, 5.41) is 14.2. The van der Waals surface area contributed by atoms with E-state index in [0.29, 0.717) is 0 Å². The molecule has 0 saturated heterocycles. The summed E-state index contributed by atoms with van der Waals surface area (Å²) in [7, 11) is 0. The number of nitrogens with zero attached hydrogens (tertiary/aromatic N) is 1. The van der Waals surface area contributed by atoms with E-state index in [4.69, 9.17) is 5.11 Å². The molecule has 1 aromatic rings. The maximum Gasteiger partial charge on any atom is 0.287 e. The number of carbonyl (C=O) groups excluding carboxylic acids is 2. The smallest absolute Gasteiger partial charge is 0.287 e. The Morgan fingerprint density at radius 1 is 1.56 bits per heavy atom. The molecule has 18 heavy (non-hydrogen) atoms. The van der Waals surface area contributed by atoms with E-state index < -0.39 is 25.0 Å². The zero-order chi connectivity index (χ0) is 13.8. The van der Waals surface area contributed by atoms with E-state index in [1.54, 1.807) is 0 Å². The van der Waals surface area contributed by atoms with Crippen LogP contribution >= 0.6 is 11.3 Å². The highest BCUT2D eigenvalue weighted by Crippen LogP contribution is 2.15. The van der Waals surface area contributed by atoms with Crippen molar-refractivity contribution in [2.24, 2.45) is 0 Å². The predicted octanol–water partition coefficient (Wildman–Crippen LogP) is 0.459. The van der Waals surface area contributed by atoms with E-state index in [0.717, 1.165) is 11.3 Å². The molecule has 0 atom stereocenters. The number of aromatic nitrogens is 1. The van der Waals surface area contributed by atoms with Crippen LogP contribution in [-0.4, -0.2) is 41.0 Å². The maximum absolute atomic E-state index is 12.7. The first-order chi connectivity index (χ1) is 8.34. The molecule has 100 valence electrons. The summed E-state index contributed by atoms with van der Waals surface area (Å²) in [6, 6.07) is 0. The molecule has 1 rings (SSSR count). The molecule has 0 unspecified atom stereocenters. The number of anilines is 1. The number of aliphatic hydroxyl groups is 1. The molecule has 0 aliphatic heterocycles. The minimum atomic E-state index is -3.37. The van der Waals surface area contributed by atoms with Gasteiger partial charge in [0.25, 0.3) is 11.8 Å². The minimum Gasteiger partial charge on any atom is -0.390 e. The molecular weight excluding hydrogens is 268 g/mol. The highest BCUT2D eigenvalue weighted by Gasteiger charge is 2.28. The van der Waals surface area contributed by atoms with Gasteiger partial charge < -0.3 is 15.7 Å². The van der Waals surface area contributed by atoms with Crippen molar-refractivity contribution in [2.75, 3.05) is 18.5 Å². The number of thiazole rings is 1. The van der Waals surface area contributed by atoms with Gasteiger partial charge in [0, 0.05) is 12.3 Å². The van der Waals surface area contributed by atoms with Crippen LogP contribution < -0.4 is 10.6 Å². The van der Waals surface area contributed by atoms with Gasteiger partial charge in [0.05, 0.1) is 6.54 Å². The molecule has 0 aliphatic carbocycles. The zero-order valence-corrected chi connectivity index (χ0v) is 10.2. The van der Waals surface area contributed by atoms with Crippen molar-refractivity contribution in [3.8, 4) is 0 Å². The quantitative estimate of drug-likeness (QED) is 0.730. The molecule has 0 aliphatic rings. The van der Waals surface area contributed by atoms with E-state index in [2.05, 4.69) is 10.3 Å². The first-order valence-electron chi connectivity index (χ1n) is 4.84. The third-order valence-electron chi connectivity index (χ3n) is 1.76. The molecule has 1 heterocycles. The van der Waals surface area contributed by atoms with Crippen molar-refractivity contribution in [1.82, 2.24) is 10.3 Å². The number of hydrogen-bond acceptors (Lipinski definition) is 5. The van der Waals surface area contributed by atoms with Crippen LogP contribution in [0.2, 0.25) is 0 Å². The van der Waals surface area contributed by atoms with Crippen LogP contribution in [0.4, 0.5) is 13.9 Å².